The Labute approximate surface area is 142 Å². The van der Waals surface area contributed by atoms with Gasteiger partial charge in [0, 0.05) is 55.7 Å². The smallest absolute Gasteiger partial charge is 0.226 e. The molecule has 124 valence electrons. The highest BCUT2D eigenvalue weighted by atomic mass is 16.2. The van der Waals surface area contributed by atoms with Crippen molar-refractivity contribution >= 4 is 11.7 Å². The average molecular weight is 322 g/mol. The molecule has 0 atom stereocenters. The third kappa shape index (κ3) is 3.11. The van der Waals surface area contributed by atoms with E-state index in [9.17, 15) is 4.79 Å². The van der Waals surface area contributed by atoms with Gasteiger partial charge in [-0.2, -0.15) is 0 Å². The Balaban J connectivity index is 1.63. The van der Waals surface area contributed by atoms with Crippen molar-refractivity contribution in [2.75, 3.05) is 18.0 Å². The van der Waals surface area contributed by atoms with Crippen LogP contribution in [0.3, 0.4) is 0 Å². The minimum atomic E-state index is 0.261. The molecular formula is C19H22N4O. The van der Waals surface area contributed by atoms with Crippen LogP contribution in [0.1, 0.15) is 29.7 Å². The normalized spacial score (nSPS) is 17.4. The van der Waals surface area contributed by atoms with Gasteiger partial charge in [-0.3, -0.25) is 9.78 Å². The van der Waals surface area contributed by atoms with Gasteiger partial charge in [-0.25, -0.2) is 4.98 Å². The number of hydrogen-bond acceptors (Lipinski definition) is 4. The van der Waals surface area contributed by atoms with Crippen molar-refractivity contribution in [2.45, 2.75) is 32.9 Å². The largest absolute Gasteiger partial charge is 0.350 e. The highest BCUT2D eigenvalue weighted by Crippen LogP contribution is 2.33. The number of fused-ring (bicyclic) bond motifs is 1. The van der Waals surface area contributed by atoms with E-state index in [0.717, 1.165) is 55.1 Å². The van der Waals surface area contributed by atoms with E-state index in [2.05, 4.69) is 22.0 Å². The second kappa shape index (κ2) is 6.23. The molecule has 0 saturated heterocycles. The molecule has 5 heteroatoms. The standard InChI is InChI=1S/C19H22N4O/c1-14-4-5-17-13-23(19(24)16-6-7-16)10-9-22(18(17)21-14)12-15-3-2-8-20-11-15/h2-5,8,11,16H,6-7,9-10,12-13H2,1H3. The number of aryl methyl sites for hydroxylation is 1. The van der Waals surface area contributed by atoms with Crippen LogP contribution in [0.5, 0.6) is 0 Å². The van der Waals surface area contributed by atoms with Crippen LogP contribution in [0, 0.1) is 12.8 Å². The maximum Gasteiger partial charge on any atom is 0.226 e. The summed E-state index contributed by atoms with van der Waals surface area (Å²) in [6.07, 6.45) is 5.78. The first-order valence-corrected chi connectivity index (χ1v) is 8.60. The number of carbonyl (C=O) groups excluding carboxylic acids is 1. The molecule has 0 unspecified atom stereocenters. The number of aromatic nitrogens is 2. The van der Waals surface area contributed by atoms with Gasteiger partial charge in [-0.15, -0.1) is 0 Å². The van der Waals surface area contributed by atoms with Gasteiger partial charge in [0.15, 0.2) is 0 Å². The summed E-state index contributed by atoms with van der Waals surface area (Å²) >= 11 is 0. The number of pyridine rings is 2. The third-order valence-corrected chi connectivity index (χ3v) is 4.73. The van der Waals surface area contributed by atoms with Crippen LogP contribution in [0.15, 0.2) is 36.7 Å². The lowest BCUT2D eigenvalue weighted by Crippen LogP contribution is -2.36. The van der Waals surface area contributed by atoms with E-state index >= 15 is 0 Å². The van der Waals surface area contributed by atoms with Crippen molar-refractivity contribution < 1.29 is 4.79 Å². The predicted molar refractivity (Wildman–Crippen MR) is 92.4 cm³/mol. The SMILES string of the molecule is Cc1ccc2c(n1)N(Cc1cccnc1)CCN(C(=O)C1CC1)C2. The molecule has 0 bridgehead atoms. The van der Waals surface area contributed by atoms with Gasteiger partial charge >= 0.3 is 0 Å². The first-order valence-electron chi connectivity index (χ1n) is 8.60. The van der Waals surface area contributed by atoms with E-state index in [1.807, 2.05) is 30.2 Å². The summed E-state index contributed by atoms with van der Waals surface area (Å²) in [6, 6.07) is 8.19. The van der Waals surface area contributed by atoms with Crippen LogP contribution in [-0.4, -0.2) is 33.9 Å². The summed E-state index contributed by atoms with van der Waals surface area (Å²) in [6.45, 7) is 5.01. The minimum Gasteiger partial charge on any atom is -0.350 e. The first kappa shape index (κ1) is 15.1. The van der Waals surface area contributed by atoms with Gasteiger partial charge < -0.3 is 9.80 Å². The van der Waals surface area contributed by atoms with Gasteiger partial charge in [0.1, 0.15) is 5.82 Å². The molecule has 4 rings (SSSR count). The molecule has 3 heterocycles. The Morgan fingerprint density at radius 1 is 1.25 bits per heavy atom. The molecule has 2 aromatic heterocycles. The second-order valence-electron chi connectivity index (χ2n) is 6.75. The van der Waals surface area contributed by atoms with Gasteiger partial charge in [0.2, 0.25) is 5.91 Å². The zero-order valence-electron chi connectivity index (χ0n) is 14.0. The van der Waals surface area contributed by atoms with Crippen LogP contribution in [-0.2, 0) is 17.9 Å². The fourth-order valence-corrected chi connectivity index (χ4v) is 3.24. The third-order valence-electron chi connectivity index (χ3n) is 4.73. The molecule has 0 N–H and O–H groups in total. The highest BCUT2D eigenvalue weighted by Gasteiger charge is 2.35. The Kier molecular flexibility index (Phi) is 3.92. The molecule has 1 saturated carbocycles. The average Bonchev–Trinajstić information content (AvgIpc) is 3.44. The summed E-state index contributed by atoms with van der Waals surface area (Å²) in [5.74, 6) is 1.58. The van der Waals surface area contributed by atoms with Crippen LogP contribution < -0.4 is 4.90 Å². The number of amides is 1. The van der Waals surface area contributed by atoms with E-state index in [1.165, 1.54) is 0 Å². The Morgan fingerprint density at radius 2 is 2.12 bits per heavy atom. The van der Waals surface area contributed by atoms with E-state index in [-0.39, 0.29) is 5.92 Å². The van der Waals surface area contributed by atoms with Crippen LogP contribution in [0.25, 0.3) is 0 Å². The van der Waals surface area contributed by atoms with Gasteiger partial charge in [-0.05, 0) is 37.5 Å². The lowest BCUT2D eigenvalue weighted by Gasteiger charge is -2.24. The lowest BCUT2D eigenvalue weighted by molar-refractivity contribution is -0.132. The minimum absolute atomic E-state index is 0.261. The molecule has 0 aromatic carbocycles. The van der Waals surface area contributed by atoms with Crippen molar-refractivity contribution in [3.63, 3.8) is 0 Å². The molecular weight excluding hydrogens is 300 g/mol. The van der Waals surface area contributed by atoms with Crippen LogP contribution in [0.2, 0.25) is 0 Å². The summed E-state index contributed by atoms with van der Waals surface area (Å²) in [5.41, 5.74) is 3.30. The van der Waals surface area contributed by atoms with Crippen LogP contribution in [0.4, 0.5) is 5.82 Å². The fourth-order valence-electron chi connectivity index (χ4n) is 3.24. The quantitative estimate of drug-likeness (QED) is 0.871. The molecule has 1 aliphatic carbocycles. The number of nitrogens with zero attached hydrogens (tertiary/aromatic N) is 4. The van der Waals surface area contributed by atoms with Crippen molar-refractivity contribution in [1.82, 2.24) is 14.9 Å². The van der Waals surface area contributed by atoms with E-state index < -0.39 is 0 Å². The van der Waals surface area contributed by atoms with Gasteiger partial charge in [-0.1, -0.05) is 12.1 Å². The molecule has 0 spiro atoms. The highest BCUT2D eigenvalue weighted by molar-refractivity contribution is 5.81. The van der Waals surface area contributed by atoms with Crippen molar-refractivity contribution in [2.24, 2.45) is 5.92 Å². The van der Waals surface area contributed by atoms with Crippen molar-refractivity contribution in [1.29, 1.82) is 0 Å². The van der Waals surface area contributed by atoms with Gasteiger partial charge in [0.05, 0.1) is 0 Å². The molecule has 0 radical (unpaired) electrons. The van der Waals surface area contributed by atoms with Crippen molar-refractivity contribution in [3.05, 3.63) is 53.5 Å². The maximum atomic E-state index is 12.5. The lowest BCUT2D eigenvalue weighted by atomic mass is 10.2. The molecule has 2 aliphatic rings. The monoisotopic (exact) mass is 322 g/mol. The Hall–Kier alpha value is -2.43. The molecule has 1 fully saturated rings. The Bertz CT molecular complexity index is 742. The Morgan fingerprint density at radius 3 is 2.88 bits per heavy atom. The summed E-state index contributed by atoms with van der Waals surface area (Å²) < 4.78 is 0. The van der Waals surface area contributed by atoms with Crippen LogP contribution >= 0.6 is 0 Å². The first-order chi connectivity index (χ1) is 11.7. The van der Waals surface area contributed by atoms with Crippen molar-refractivity contribution in [3.8, 4) is 0 Å². The molecule has 24 heavy (non-hydrogen) atoms. The topological polar surface area (TPSA) is 49.3 Å². The van der Waals surface area contributed by atoms with Gasteiger partial charge in [0.25, 0.3) is 0 Å². The summed E-state index contributed by atoms with van der Waals surface area (Å²) in [5, 5.41) is 0. The zero-order chi connectivity index (χ0) is 16.5. The number of anilines is 1. The molecule has 1 aliphatic heterocycles. The number of hydrogen-bond donors (Lipinski definition) is 0. The predicted octanol–water partition coefficient (Wildman–Crippen LogP) is 2.54. The summed E-state index contributed by atoms with van der Waals surface area (Å²) in [7, 11) is 0. The second-order valence-corrected chi connectivity index (χ2v) is 6.75. The number of carbonyl (C=O) groups is 1. The number of rotatable bonds is 3. The van der Waals surface area contributed by atoms with E-state index in [4.69, 9.17) is 4.98 Å². The van der Waals surface area contributed by atoms with E-state index in [0.29, 0.717) is 12.5 Å². The molecule has 1 amide bonds. The maximum absolute atomic E-state index is 12.5. The molecule has 5 nitrogen and oxygen atoms in total. The summed E-state index contributed by atoms with van der Waals surface area (Å²) in [4.78, 5) is 25.8. The van der Waals surface area contributed by atoms with E-state index in [1.54, 1.807) is 6.20 Å². The zero-order valence-corrected chi connectivity index (χ0v) is 14.0. The molecule has 2 aromatic rings. The fraction of sp³-hybridized carbons (Fsp3) is 0.421.